The minimum Gasteiger partial charge on any atom is -0.412 e. The number of amides is 1. The van der Waals surface area contributed by atoms with Gasteiger partial charge in [-0.15, -0.1) is 10.2 Å². The summed E-state index contributed by atoms with van der Waals surface area (Å²) < 4.78 is 18.2. The number of halogens is 1. The van der Waals surface area contributed by atoms with Crippen molar-refractivity contribution in [1.82, 2.24) is 15.5 Å². The first kappa shape index (κ1) is 15.9. The molecule has 0 atom stereocenters. The van der Waals surface area contributed by atoms with Crippen LogP contribution in [0.25, 0.3) is 11.5 Å². The number of rotatable bonds is 5. The molecule has 0 saturated carbocycles. The predicted molar refractivity (Wildman–Crippen MR) is 86.9 cm³/mol. The smallest absolute Gasteiger partial charge is 0.308 e. The zero-order chi connectivity index (χ0) is 16.9. The van der Waals surface area contributed by atoms with E-state index >= 15 is 0 Å². The van der Waals surface area contributed by atoms with Crippen LogP contribution in [0, 0.1) is 12.7 Å². The molecule has 0 aliphatic rings. The lowest BCUT2D eigenvalue weighted by Gasteiger charge is -2.02. The van der Waals surface area contributed by atoms with E-state index in [1.54, 1.807) is 12.1 Å². The Morgan fingerprint density at radius 3 is 2.50 bits per heavy atom. The fraction of sp³-hybridized carbons (Fsp3) is 0.167. The molecule has 24 heavy (non-hydrogen) atoms. The number of hydrogen-bond acceptors (Lipinski definition) is 4. The van der Waals surface area contributed by atoms with Gasteiger partial charge in [-0.2, -0.15) is 0 Å². The van der Waals surface area contributed by atoms with Crippen LogP contribution in [0.3, 0.4) is 0 Å². The molecule has 0 aliphatic carbocycles. The summed E-state index contributed by atoms with van der Waals surface area (Å²) in [5, 5.41) is 10.4. The van der Waals surface area contributed by atoms with E-state index in [0.29, 0.717) is 18.9 Å². The second kappa shape index (κ2) is 7.04. The maximum atomic E-state index is 12.8. The number of aromatic nitrogens is 2. The van der Waals surface area contributed by atoms with E-state index in [4.69, 9.17) is 4.42 Å². The summed E-state index contributed by atoms with van der Waals surface area (Å²) in [4.78, 5) is 12.0. The average Bonchev–Trinajstić information content (AvgIpc) is 3.07. The van der Waals surface area contributed by atoms with E-state index in [0.717, 1.165) is 16.7 Å². The third kappa shape index (κ3) is 3.84. The summed E-state index contributed by atoms with van der Waals surface area (Å²) >= 11 is 0. The molecule has 6 heteroatoms. The van der Waals surface area contributed by atoms with Gasteiger partial charge in [0.05, 0.1) is 0 Å². The first-order valence-corrected chi connectivity index (χ1v) is 7.55. The second-order valence-corrected chi connectivity index (χ2v) is 5.41. The zero-order valence-corrected chi connectivity index (χ0v) is 13.1. The molecule has 0 bridgehead atoms. The number of carbonyl (C=O) groups is 1. The number of carbonyl (C=O) groups excluding carboxylic acids is 1. The molecular formula is C18H16FN3O2. The molecule has 122 valence electrons. The lowest BCUT2D eigenvalue weighted by atomic mass is 10.1. The normalized spacial score (nSPS) is 10.6. The highest BCUT2D eigenvalue weighted by Gasteiger charge is 2.15. The number of nitrogens with one attached hydrogen (secondary N) is 1. The first-order valence-electron chi connectivity index (χ1n) is 7.55. The van der Waals surface area contributed by atoms with Gasteiger partial charge in [-0.25, -0.2) is 4.39 Å². The summed E-state index contributed by atoms with van der Waals surface area (Å²) in [7, 11) is 0. The van der Waals surface area contributed by atoms with Gasteiger partial charge in [0.25, 0.3) is 0 Å². The highest BCUT2D eigenvalue weighted by atomic mass is 19.1. The molecule has 0 unspecified atom stereocenters. The number of aryl methyl sites for hydroxylation is 1. The first-order chi connectivity index (χ1) is 11.6. The van der Waals surface area contributed by atoms with Crippen LogP contribution in [0.1, 0.15) is 21.8 Å². The van der Waals surface area contributed by atoms with Crippen LogP contribution in [0.15, 0.2) is 52.9 Å². The van der Waals surface area contributed by atoms with Crippen LogP contribution in [0.4, 0.5) is 4.39 Å². The molecule has 3 aromatic rings. The summed E-state index contributed by atoms with van der Waals surface area (Å²) in [6.07, 6.45) is 0.588. The summed E-state index contributed by atoms with van der Waals surface area (Å²) in [5.74, 6) is -0.483. The molecule has 3 rings (SSSR count). The van der Waals surface area contributed by atoms with Crippen molar-refractivity contribution >= 4 is 5.91 Å². The standard InChI is InChI=1S/C18H16FN3O2/c1-12-2-6-14(7-3-12)17-21-22-18(24-17)16(23)20-11-10-13-4-8-15(19)9-5-13/h2-9H,10-11H2,1H3,(H,20,23). The third-order valence-corrected chi connectivity index (χ3v) is 3.53. The number of nitrogens with zero attached hydrogens (tertiary/aromatic N) is 2. The Kier molecular flexibility index (Phi) is 4.65. The second-order valence-electron chi connectivity index (χ2n) is 5.41. The van der Waals surface area contributed by atoms with Gasteiger partial charge in [0.2, 0.25) is 5.89 Å². The topological polar surface area (TPSA) is 68.0 Å². The molecule has 2 aromatic carbocycles. The minimum atomic E-state index is -0.428. The van der Waals surface area contributed by atoms with Gasteiger partial charge in [-0.05, 0) is 43.2 Å². The van der Waals surface area contributed by atoms with Crippen LogP contribution in [0.5, 0.6) is 0 Å². The summed E-state index contributed by atoms with van der Waals surface area (Å²) in [6, 6.07) is 13.7. The molecule has 0 radical (unpaired) electrons. The van der Waals surface area contributed by atoms with Gasteiger partial charge >= 0.3 is 11.8 Å². The number of hydrogen-bond donors (Lipinski definition) is 1. The molecule has 1 amide bonds. The molecule has 5 nitrogen and oxygen atoms in total. The van der Waals surface area contributed by atoms with E-state index in [9.17, 15) is 9.18 Å². The van der Waals surface area contributed by atoms with Crippen molar-refractivity contribution < 1.29 is 13.6 Å². The highest BCUT2D eigenvalue weighted by Crippen LogP contribution is 2.18. The van der Waals surface area contributed by atoms with Gasteiger partial charge in [0.15, 0.2) is 0 Å². The quantitative estimate of drug-likeness (QED) is 0.782. The van der Waals surface area contributed by atoms with E-state index in [1.807, 2.05) is 31.2 Å². The maximum absolute atomic E-state index is 12.8. The Bertz CT molecular complexity index is 826. The highest BCUT2D eigenvalue weighted by molar-refractivity contribution is 5.89. The van der Waals surface area contributed by atoms with Gasteiger partial charge in [0, 0.05) is 12.1 Å². The molecule has 0 saturated heterocycles. The summed E-state index contributed by atoms with van der Waals surface area (Å²) in [5.41, 5.74) is 2.82. The fourth-order valence-corrected chi connectivity index (χ4v) is 2.17. The lowest BCUT2D eigenvalue weighted by Crippen LogP contribution is -2.26. The maximum Gasteiger partial charge on any atom is 0.308 e. The van der Waals surface area contributed by atoms with Gasteiger partial charge < -0.3 is 9.73 Å². The van der Waals surface area contributed by atoms with E-state index in [-0.39, 0.29) is 11.7 Å². The van der Waals surface area contributed by atoms with E-state index in [1.165, 1.54) is 12.1 Å². The van der Waals surface area contributed by atoms with E-state index < -0.39 is 5.91 Å². The van der Waals surface area contributed by atoms with Gasteiger partial charge in [-0.3, -0.25) is 4.79 Å². The largest absolute Gasteiger partial charge is 0.412 e. The Hall–Kier alpha value is -3.02. The fourth-order valence-electron chi connectivity index (χ4n) is 2.17. The molecular weight excluding hydrogens is 309 g/mol. The van der Waals surface area contributed by atoms with Crippen molar-refractivity contribution in [3.63, 3.8) is 0 Å². The molecule has 1 aromatic heterocycles. The van der Waals surface area contributed by atoms with Crippen LogP contribution in [0.2, 0.25) is 0 Å². The van der Waals surface area contributed by atoms with Crippen LogP contribution in [-0.2, 0) is 6.42 Å². The minimum absolute atomic E-state index is 0.0790. The van der Waals surface area contributed by atoms with Crippen LogP contribution in [-0.4, -0.2) is 22.6 Å². The molecule has 0 spiro atoms. The number of benzene rings is 2. The zero-order valence-electron chi connectivity index (χ0n) is 13.1. The molecule has 1 heterocycles. The molecule has 0 fully saturated rings. The predicted octanol–water partition coefficient (Wildman–Crippen LogP) is 3.16. The Balaban J connectivity index is 1.57. The third-order valence-electron chi connectivity index (χ3n) is 3.53. The Morgan fingerprint density at radius 2 is 1.79 bits per heavy atom. The van der Waals surface area contributed by atoms with Crippen molar-refractivity contribution in [1.29, 1.82) is 0 Å². The van der Waals surface area contributed by atoms with Crippen molar-refractivity contribution in [3.05, 3.63) is 71.4 Å². The molecule has 0 aliphatic heterocycles. The van der Waals surface area contributed by atoms with Crippen molar-refractivity contribution in [3.8, 4) is 11.5 Å². The van der Waals surface area contributed by atoms with Crippen LogP contribution >= 0.6 is 0 Å². The Labute approximate surface area is 138 Å². The van der Waals surface area contributed by atoms with Gasteiger partial charge in [-0.1, -0.05) is 29.8 Å². The monoisotopic (exact) mass is 325 g/mol. The van der Waals surface area contributed by atoms with Crippen molar-refractivity contribution in [2.45, 2.75) is 13.3 Å². The van der Waals surface area contributed by atoms with Crippen molar-refractivity contribution in [2.75, 3.05) is 6.54 Å². The van der Waals surface area contributed by atoms with Crippen molar-refractivity contribution in [2.24, 2.45) is 0 Å². The Morgan fingerprint density at radius 1 is 1.08 bits per heavy atom. The SMILES string of the molecule is Cc1ccc(-c2nnc(C(=O)NCCc3ccc(F)cc3)o2)cc1. The summed E-state index contributed by atoms with van der Waals surface area (Å²) in [6.45, 7) is 2.38. The van der Waals surface area contributed by atoms with Gasteiger partial charge in [0.1, 0.15) is 5.82 Å². The average molecular weight is 325 g/mol. The van der Waals surface area contributed by atoms with E-state index in [2.05, 4.69) is 15.5 Å². The molecule has 1 N–H and O–H groups in total. The van der Waals surface area contributed by atoms with Crippen LogP contribution < -0.4 is 5.32 Å². The lowest BCUT2D eigenvalue weighted by molar-refractivity contribution is 0.0920.